The summed E-state index contributed by atoms with van der Waals surface area (Å²) >= 11 is 0. The number of aliphatic hydroxyl groups excluding tert-OH is 1. The molecule has 2 amide bonds. The first-order valence-corrected chi connectivity index (χ1v) is 6.09. The minimum Gasteiger partial charge on any atom is -0.480 e. The number of rotatable bonds is 5. The number of carboxylic acids is 1. The maximum Gasteiger partial charge on any atom is 0.323 e. The SMILES string of the molecule is C=CCN(CC(=O)O)C(=O)N1CCCCC1CO. The Bertz CT molecular complexity index is 319. The van der Waals surface area contributed by atoms with Gasteiger partial charge in [0.1, 0.15) is 6.54 Å². The molecular weight excluding hydrogens is 236 g/mol. The number of carbonyl (C=O) groups excluding carboxylic acids is 1. The Morgan fingerprint density at radius 1 is 1.44 bits per heavy atom. The van der Waals surface area contributed by atoms with Gasteiger partial charge in [-0.1, -0.05) is 6.08 Å². The second-order valence-electron chi connectivity index (χ2n) is 4.37. The van der Waals surface area contributed by atoms with Crippen molar-refractivity contribution in [2.45, 2.75) is 25.3 Å². The first-order chi connectivity index (χ1) is 8.60. The molecule has 0 radical (unpaired) electrons. The van der Waals surface area contributed by atoms with Crippen molar-refractivity contribution < 1.29 is 19.8 Å². The lowest BCUT2D eigenvalue weighted by Gasteiger charge is -2.37. The highest BCUT2D eigenvalue weighted by Gasteiger charge is 2.29. The number of nitrogens with zero attached hydrogens (tertiary/aromatic N) is 2. The lowest BCUT2D eigenvalue weighted by Crippen LogP contribution is -2.52. The predicted molar refractivity (Wildman–Crippen MR) is 66.2 cm³/mol. The Morgan fingerprint density at radius 3 is 2.72 bits per heavy atom. The van der Waals surface area contributed by atoms with E-state index in [-0.39, 0.29) is 31.8 Å². The van der Waals surface area contributed by atoms with Crippen LogP contribution in [0.1, 0.15) is 19.3 Å². The predicted octanol–water partition coefficient (Wildman–Crippen LogP) is 0.526. The van der Waals surface area contributed by atoms with Crippen LogP contribution in [0.5, 0.6) is 0 Å². The highest BCUT2D eigenvalue weighted by molar-refractivity contribution is 5.80. The van der Waals surface area contributed by atoms with Crippen LogP contribution in [0.3, 0.4) is 0 Å². The van der Waals surface area contributed by atoms with Crippen molar-refractivity contribution >= 4 is 12.0 Å². The third kappa shape index (κ3) is 3.73. The van der Waals surface area contributed by atoms with Crippen LogP contribution < -0.4 is 0 Å². The van der Waals surface area contributed by atoms with E-state index >= 15 is 0 Å². The smallest absolute Gasteiger partial charge is 0.323 e. The first-order valence-electron chi connectivity index (χ1n) is 6.09. The fraction of sp³-hybridized carbons (Fsp3) is 0.667. The summed E-state index contributed by atoms with van der Waals surface area (Å²) in [6.07, 6.45) is 4.13. The second-order valence-corrected chi connectivity index (χ2v) is 4.37. The molecule has 1 unspecified atom stereocenters. The van der Waals surface area contributed by atoms with Crippen LogP contribution in [-0.2, 0) is 4.79 Å². The van der Waals surface area contributed by atoms with Gasteiger partial charge >= 0.3 is 12.0 Å². The first kappa shape index (κ1) is 14.5. The number of aliphatic carboxylic acids is 1. The van der Waals surface area contributed by atoms with E-state index in [1.807, 2.05) is 0 Å². The molecule has 0 aromatic rings. The Hall–Kier alpha value is -1.56. The molecule has 1 fully saturated rings. The molecule has 2 N–H and O–H groups in total. The number of carbonyl (C=O) groups is 2. The highest BCUT2D eigenvalue weighted by Crippen LogP contribution is 2.18. The van der Waals surface area contributed by atoms with Crippen molar-refractivity contribution in [1.82, 2.24) is 9.80 Å². The molecule has 0 saturated carbocycles. The van der Waals surface area contributed by atoms with Gasteiger partial charge in [-0.2, -0.15) is 0 Å². The molecule has 1 aliphatic heterocycles. The van der Waals surface area contributed by atoms with Crippen molar-refractivity contribution in [3.05, 3.63) is 12.7 Å². The molecule has 0 aromatic heterocycles. The Morgan fingerprint density at radius 2 is 2.17 bits per heavy atom. The summed E-state index contributed by atoms with van der Waals surface area (Å²) in [5.41, 5.74) is 0. The van der Waals surface area contributed by atoms with Gasteiger partial charge < -0.3 is 20.0 Å². The van der Waals surface area contributed by atoms with Gasteiger partial charge in [-0.3, -0.25) is 4.79 Å². The normalized spacial score (nSPS) is 19.4. The molecule has 6 heteroatoms. The summed E-state index contributed by atoms with van der Waals surface area (Å²) < 4.78 is 0. The van der Waals surface area contributed by atoms with E-state index in [1.54, 1.807) is 4.90 Å². The van der Waals surface area contributed by atoms with E-state index in [4.69, 9.17) is 5.11 Å². The van der Waals surface area contributed by atoms with Gasteiger partial charge in [-0.15, -0.1) is 6.58 Å². The molecule has 0 spiro atoms. The molecule has 0 aliphatic carbocycles. The van der Waals surface area contributed by atoms with Crippen molar-refractivity contribution in [2.24, 2.45) is 0 Å². The van der Waals surface area contributed by atoms with Crippen LogP contribution in [0.15, 0.2) is 12.7 Å². The van der Waals surface area contributed by atoms with Crippen molar-refractivity contribution in [3.8, 4) is 0 Å². The largest absolute Gasteiger partial charge is 0.480 e. The molecule has 1 rings (SSSR count). The minimum absolute atomic E-state index is 0.0826. The lowest BCUT2D eigenvalue weighted by atomic mass is 10.0. The van der Waals surface area contributed by atoms with Crippen LogP contribution >= 0.6 is 0 Å². The number of urea groups is 1. The Kier molecular flexibility index (Phi) is 5.64. The molecular formula is C12H20N2O4. The third-order valence-electron chi connectivity index (χ3n) is 3.03. The molecule has 102 valence electrons. The van der Waals surface area contributed by atoms with E-state index in [1.165, 1.54) is 11.0 Å². The summed E-state index contributed by atoms with van der Waals surface area (Å²) in [6.45, 7) is 3.85. The Labute approximate surface area is 106 Å². The van der Waals surface area contributed by atoms with Crippen molar-refractivity contribution in [3.63, 3.8) is 0 Å². The van der Waals surface area contributed by atoms with Crippen LogP contribution in [-0.4, -0.2) is 64.3 Å². The van der Waals surface area contributed by atoms with Crippen molar-refractivity contribution in [2.75, 3.05) is 26.2 Å². The van der Waals surface area contributed by atoms with Crippen LogP contribution in [0, 0.1) is 0 Å². The lowest BCUT2D eigenvalue weighted by molar-refractivity contribution is -0.137. The van der Waals surface area contributed by atoms with Gasteiger partial charge in [0.15, 0.2) is 0 Å². The van der Waals surface area contributed by atoms with Gasteiger partial charge in [0.2, 0.25) is 0 Å². The number of amides is 2. The second kappa shape index (κ2) is 7.00. The average molecular weight is 256 g/mol. The molecule has 1 heterocycles. The topological polar surface area (TPSA) is 81.1 Å². The molecule has 0 aromatic carbocycles. The Balaban J connectivity index is 2.73. The van der Waals surface area contributed by atoms with E-state index in [9.17, 15) is 14.7 Å². The monoisotopic (exact) mass is 256 g/mol. The summed E-state index contributed by atoms with van der Waals surface area (Å²) in [6, 6.07) is -0.539. The summed E-state index contributed by atoms with van der Waals surface area (Å²) in [5, 5.41) is 18.0. The van der Waals surface area contributed by atoms with E-state index in [0.29, 0.717) is 6.54 Å². The zero-order chi connectivity index (χ0) is 13.5. The number of piperidine rings is 1. The van der Waals surface area contributed by atoms with E-state index < -0.39 is 5.97 Å². The summed E-state index contributed by atoms with van der Waals surface area (Å²) in [5.74, 6) is -1.05. The number of hydrogen-bond acceptors (Lipinski definition) is 3. The molecule has 18 heavy (non-hydrogen) atoms. The third-order valence-corrected chi connectivity index (χ3v) is 3.03. The average Bonchev–Trinajstić information content (AvgIpc) is 2.37. The van der Waals surface area contributed by atoms with Gasteiger partial charge in [0.25, 0.3) is 0 Å². The van der Waals surface area contributed by atoms with Gasteiger partial charge in [-0.05, 0) is 19.3 Å². The van der Waals surface area contributed by atoms with Crippen LogP contribution in [0.4, 0.5) is 4.79 Å². The molecule has 0 bridgehead atoms. The molecule has 1 atom stereocenters. The molecule has 1 saturated heterocycles. The van der Waals surface area contributed by atoms with E-state index in [0.717, 1.165) is 19.3 Å². The number of hydrogen-bond donors (Lipinski definition) is 2. The number of aliphatic hydroxyl groups is 1. The minimum atomic E-state index is -1.05. The fourth-order valence-electron chi connectivity index (χ4n) is 2.15. The number of carboxylic acid groups (broad SMARTS) is 1. The maximum atomic E-state index is 12.2. The quantitative estimate of drug-likeness (QED) is 0.703. The van der Waals surface area contributed by atoms with Crippen LogP contribution in [0.25, 0.3) is 0 Å². The zero-order valence-corrected chi connectivity index (χ0v) is 10.4. The maximum absolute atomic E-state index is 12.2. The van der Waals surface area contributed by atoms with Gasteiger partial charge in [0.05, 0.1) is 12.6 Å². The zero-order valence-electron chi connectivity index (χ0n) is 10.4. The highest BCUT2D eigenvalue weighted by atomic mass is 16.4. The number of likely N-dealkylation sites (tertiary alicyclic amines) is 1. The van der Waals surface area contributed by atoms with Crippen molar-refractivity contribution in [1.29, 1.82) is 0 Å². The summed E-state index contributed by atoms with van der Waals surface area (Å²) in [4.78, 5) is 25.7. The molecule has 1 aliphatic rings. The standard InChI is InChI=1S/C12H20N2O4/c1-2-6-13(8-11(16)17)12(18)14-7-4-3-5-10(14)9-15/h2,10,15H,1,3-9H2,(H,16,17). The van der Waals surface area contributed by atoms with E-state index in [2.05, 4.69) is 6.58 Å². The van der Waals surface area contributed by atoms with Crippen LogP contribution in [0.2, 0.25) is 0 Å². The van der Waals surface area contributed by atoms with Gasteiger partial charge in [0, 0.05) is 13.1 Å². The van der Waals surface area contributed by atoms with Gasteiger partial charge in [-0.25, -0.2) is 4.79 Å². The fourth-order valence-corrected chi connectivity index (χ4v) is 2.15. The molecule has 6 nitrogen and oxygen atoms in total. The summed E-state index contributed by atoms with van der Waals surface area (Å²) in [7, 11) is 0.